The lowest BCUT2D eigenvalue weighted by atomic mass is 10.2. The van der Waals surface area contributed by atoms with Crippen LogP contribution >= 0.6 is 0 Å². The van der Waals surface area contributed by atoms with Crippen molar-refractivity contribution in [3.8, 4) is 0 Å². The lowest BCUT2D eigenvalue weighted by Crippen LogP contribution is -2.50. The van der Waals surface area contributed by atoms with Crippen molar-refractivity contribution in [2.45, 2.75) is 58.0 Å². The van der Waals surface area contributed by atoms with Crippen LogP contribution in [-0.2, 0) is 18.8 Å². The minimum Gasteiger partial charge on any atom is -0.469 e. The Morgan fingerprint density at radius 3 is 2.48 bits per heavy atom. The molecular formula is C16H27NO5Si. The number of esters is 1. The van der Waals surface area contributed by atoms with Gasteiger partial charge in [0.1, 0.15) is 18.4 Å². The van der Waals surface area contributed by atoms with Crippen LogP contribution in [0.5, 0.6) is 0 Å². The van der Waals surface area contributed by atoms with Gasteiger partial charge in [-0.1, -0.05) is 25.9 Å². The Kier molecular flexibility index (Phi) is 6.18. The molecule has 0 saturated carbocycles. The zero-order valence-corrected chi connectivity index (χ0v) is 16.0. The molecule has 0 aromatic carbocycles. The first kappa shape index (κ1) is 19.4. The summed E-state index contributed by atoms with van der Waals surface area (Å²) in [6, 6.07) is 3.50. The van der Waals surface area contributed by atoms with Gasteiger partial charge in [0, 0.05) is 6.92 Å². The lowest BCUT2D eigenvalue weighted by molar-refractivity contribution is -0.193. The average molecular weight is 341 g/mol. The van der Waals surface area contributed by atoms with E-state index in [1.807, 2.05) is 0 Å². The normalized spacial score (nSPS) is 15.4. The number of carbonyl (C=O) groups excluding carboxylic acids is 1. The Morgan fingerprint density at radius 2 is 2.00 bits per heavy atom. The molecule has 1 aromatic rings. The van der Waals surface area contributed by atoms with Crippen molar-refractivity contribution in [2.24, 2.45) is 5.16 Å². The Labute approximate surface area is 138 Å². The summed E-state index contributed by atoms with van der Waals surface area (Å²) in [6.07, 6.45) is 2.93. The van der Waals surface area contributed by atoms with Gasteiger partial charge in [-0.3, -0.25) is 4.79 Å². The van der Waals surface area contributed by atoms with Crippen LogP contribution in [0.15, 0.2) is 28.0 Å². The van der Waals surface area contributed by atoms with E-state index in [1.165, 1.54) is 13.3 Å². The van der Waals surface area contributed by atoms with E-state index in [0.717, 1.165) is 0 Å². The first-order valence-corrected chi connectivity index (χ1v) is 10.4. The van der Waals surface area contributed by atoms with Crippen molar-refractivity contribution in [2.75, 3.05) is 7.11 Å². The average Bonchev–Trinajstić information content (AvgIpc) is 2.89. The summed E-state index contributed by atoms with van der Waals surface area (Å²) < 4.78 is 16.2. The van der Waals surface area contributed by atoms with E-state index in [-0.39, 0.29) is 11.5 Å². The van der Waals surface area contributed by atoms with E-state index < -0.39 is 20.1 Å². The molecule has 1 rings (SSSR count). The van der Waals surface area contributed by atoms with Gasteiger partial charge in [0.05, 0.1) is 13.4 Å². The fraction of sp³-hybridized carbons (Fsp3) is 0.625. The van der Waals surface area contributed by atoms with Crippen LogP contribution in [0.3, 0.4) is 0 Å². The van der Waals surface area contributed by atoms with E-state index >= 15 is 0 Å². The number of oxime groups is 1. The molecule has 23 heavy (non-hydrogen) atoms. The Morgan fingerprint density at radius 1 is 1.35 bits per heavy atom. The molecule has 0 radical (unpaired) electrons. The Bertz CT molecular complexity index is 533. The Hall–Kier alpha value is -1.60. The topological polar surface area (TPSA) is 70.3 Å². The highest BCUT2D eigenvalue weighted by molar-refractivity contribution is 6.74. The molecule has 130 valence electrons. The van der Waals surface area contributed by atoms with Gasteiger partial charge < -0.3 is 18.4 Å². The first-order chi connectivity index (χ1) is 10.5. The van der Waals surface area contributed by atoms with E-state index in [9.17, 15) is 4.79 Å². The van der Waals surface area contributed by atoms with E-state index in [4.69, 9.17) is 18.4 Å². The molecule has 0 amide bonds. The highest BCUT2D eigenvalue weighted by atomic mass is 28.4. The fourth-order valence-electron chi connectivity index (χ4n) is 1.67. The second kappa shape index (κ2) is 7.31. The second-order valence-corrected chi connectivity index (χ2v) is 11.8. The van der Waals surface area contributed by atoms with Crippen molar-refractivity contribution in [3.05, 3.63) is 24.2 Å². The number of hydrogen-bond acceptors (Lipinski definition) is 6. The predicted molar refractivity (Wildman–Crippen MR) is 90.7 cm³/mol. The monoisotopic (exact) mass is 341 g/mol. The van der Waals surface area contributed by atoms with Gasteiger partial charge in [-0.15, -0.1) is 0 Å². The summed E-state index contributed by atoms with van der Waals surface area (Å²) in [7, 11) is -0.832. The molecule has 1 heterocycles. The maximum atomic E-state index is 11.7. The summed E-state index contributed by atoms with van der Waals surface area (Å²) in [5, 5.41) is 3.88. The van der Waals surface area contributed by atoms with Crippen molar-refractivity contribution in [3.63, 3.8) is 0 Å². The summed E-state index contributed by atoms with van der Waals surface area (Å²) in [4.78, 5) is 17.2. The summed E-state index contributed by atoms with van der Waals surface area (Å²) in [5.41, 5.74) is 0. The molecule has 0 bridgehead atoms. The fourth-order valence-corrected chi connectivity index (χ4v) is 3.16. The third kappa shape index (κ3) is 5.83. The molecule has 1 unspecified atom stereocenters. The smallest absolute Gasteiger partial charge is 0.312 e. The van der Waals surface area contributed by atoms with E-state index in [2.05, 4.69) is 39.0 Å². The Balaban J connectivity index is 2.91. The van der Waals surface area contributed by atoms with Gasteiger partial charge in [-0.2, -0.15) is 0 Å². The molecule has 7 heteroatoms. The maximum Gasteiger partial charge on any atom is 0.312 e. The minimum absolute atomic E-state index is 0.0293. The molecule has 0 aliphatic rings. The molecule has 0 aliphatic heterocycles. The maximum absolute atomic E-state index is 11.7. The summed E-state index contributed by atoms with van der Waals surface area (Å²) >= 11 is 0. The van der Waals surface area contributed by atoms with Crippen LogP contribution in [0.25, 0.3) is 0 Å². The third-order valence-electron chi connectivity index (χ3n) is 3.94. The molecule has 0 fully saturated rings. The minimum atomic E-state index is -2.17. The molecule has 0 N–H and O–H groups in total. The molecule has 1 atom stereocenters. The molecule has 1 aromatic heterocycles. The highest BCUT2D eigenvalue weighted by Crippen LogP contribution is 2.40. The highest BCUT2D eigenvalue weighted by Gasteiger charge is 2.45. The van der Waals surface area contributed by atoms with Crippen molar-refractivity contribution in [1.29, 1.82) is 0 Å². The van der Waals surface area contributed by atoms with Crippen LogP contribution in [0.4, 0.5) is 0 Å². The van der Waals surface area contributed by atoms with Gasteiger partial charge in [-0.25, -0.2) is 0 Å². The molecule has 0 aliphatic carbocycles. The largest absolute Gasteiger partial charge is 0.469 e. The second-order valence-electron chi connectivity index (χ2n) is 7.09. The van der Waals surface area contributed by atoms with Crippen molar-refractivity contribution >= 4 is 20.5 Å². The van der Waals surface area contributed by atoms with Crippen molar-refractivity contribution < 1.29 is 23.2 Å². The zero-order valence-electron chi connectivity index (χ0n) is 15.0. The third-order valence-corrected chi connectivity index (χ3v) is 8.49. The number of carbonyl (C=O) groups is 1. The van der Waals surface area contributed by atoms with Crippen LogP contribution in [0.1, 0.15) is 39.9 Å². The van der Waals surface area contributed by atoms with Crippen LogP contribution < -0.4 is 0 Å². The molecule has 0 saturated heterocycles. The predicted octanol–water partition coefficient (Wildman–Crippen LogP) is 3.93. The van der Waals surface area contributed by atoms with Gasteiger partial charge in [0.2, 0.25) is 5.79 Å². The number of hydrogen-bond donors (Lipinski definition) is 0. The summed E-state index contributed by atoms with van der Waals surface area (Å²) in [6.45, 7) is 12.2. The molecule has 6 nitrogen and oxygen atoms in total. The number of rotatable bonds is 7. The van der Waals surface area contributed by atoms with Crippen LogP contribution in [-0.4, -0.2) is 33.4 Å². The molecule has 0 spiro atoms. The number of ether oxygens (including phenoxy) is 1. The number of furan rings is 1. The van der Waals surface area contributed by atoms with Crippen LogP contribution in [0.2, 0.25) is 18.1 Å². The van der Waals surface area contributed by atoms with E-state index in [1.54, 1.807) is 25.3 Å². The van der Waals surface area contributed by atoms with E-state index in [0.29, 0.717) is 5.76 Å². The van der Waals surface area contributed by atoms with Gasteiger partial charge in [0.15, 0.2) is 8.32 Å². The standard InChI is InChI=1S/C16H27NO5Si/c1-15(2,3)23(6,7)22-16(4,11-14(18)19-5)21-17-12-13-9-8-10-20-13/h8-10,12H,11H2,1-7H3/b17-12+. The molecular weight excluding hydrogens is 314 g/mol. The quantitative estimate of drug-likeness (QED) is 0.247. The van der Waals surface area contributed by atoms with Crippen LogP contribution in [0, 0.1) is 0 Å². The van der Waals surface area contributed by atoms with Gasteiger partial charge in [0.25, 0.3) is 0 Å². The van der Waals surface area contributed by atoms with Crippen molar-refractivity contribution in [1.82, 2.24) is 0 Å². The van der Waals surface area contributed by atoms with Gasteiger partial charge >= 0.3 is 5.97 Å². The first-order valence-electron chi connectivity index (χ1n) is 7.51. The number of methoxy groups -OCH3 is 1. The summed E-state index contributed by atoms with van der Waals surface area (Å²) in [5.74, 6) is -1.06. The lowest BCUT2D eigenvalue weighted by Gasteiger charge is -2.42. The van der Waals surface area contributed by atoms with Gasteiger partial charge in [-0.05, 0) is 30.3 Å². The SMILES string of the molecule is COC(=O)CC(C)(O/N=C/c1ccco1)O[Si](C)(C)C(C)(C)C. The zero-order chi connectivity index (χ0) is 17.7. The number of nitrogens with zero attached hydrogens (tertiary/aromatic N) is 1.